The Morgan fingerprint density at radius 2 is 1.94 bits per heavy atom. The molecule has 4 nitrogen and oxygen atoms in total. The zero-order valence-corrected chi connectivity index (χ0v) is 12.2. The molecule has 0 radical (unpaired) electrons. The van der Waals surface area contributed by atoms with Crippen molar-refractivity contribution in [2.75, 3.05) is 25.0 Å². The van der Waals surface area contributed by atoms with Gasteiger partial charge in [0, 0.05) is 25.0 Å². The average molecular weight is 313 g/mol. The Kier molecular flexibility index (Phi) is 6.25. The summed E-state index contributed by atoms with van der Waals surface area (Å²) in [5.41, 5.74) is 0. The molecule has 1 aliphatic heterocycles. The summed E-state index contributed by atoms with van der Waals surface area (Å²) in [6, 6.07) is 0. The van der Waals surface area contributed by atoms with Crippen LogP contribution in [0, 0.1) is 5.92 Å². The van der Waals surface area contributed by atoms with Crippen LogP contribution in [-0.2, 0) is 10.2 Å². The first-order valence-corrected chi connectivity index (χ1v) is 8.43. The van der Waals surface area contributed by atoms with Crippen LogP contribution in [0.3, 0.4) is 0 Å². The molecule has 1 fully saturated rings. The van der Waals surface area contributed by atoms with E-state index in [2.05, 4.69) is 27.6 Å². The van der Waals surface area contributed by atoms with Gasteiger partial charge in [-0.1, -0.05) is 22.9 Å². The second-order valence-electron chi connectivity index (χ2n) is 4.38. The fourth-order valence-electron chi connectivity index (χ4n) is 1.74. The van der Waals surface area contributed by atoms with E-state index >= 15 is 0 Å². The van der Waals surface area contributed by atoms with Gasteiger partial charge in [0.25, 0.3) is 10.2 Å². The van der Waals surface area contributed by atoms with Crippen molar-refractivity contribution in [2.45, 2.75) is 32.6 Å². The second kappa shape index (κ2) is 6.93. The van der Waals surface area contributed by atoms with Crippen LogP contribution >= 0.6 is 15.9 Å². The lowest BCUT2D eigenvalue weighted by Gasteiger charge is -2.29. The molecule has 1 heterocycles. The van der Waals surface area contributed by atoms with Crippen molar-refractivity contribution < 1.29 is 8.42 Å². The lowest BCUT2D eigenvalue weighted by molar-refractivity contribution is 0.285. The van der Waals surface area contributed by atoms with Crippen LogP contribution in [0.25, 0.3) is 0 Å². The Morgan fingerprint density at radius 3 is 2.50 bits per heavy atom. The Bertz CT molecular complexity index is 287. The molecule has 0 bridgehead atoms. The zero-order chi connectivity index (χ0) is 12.0. The van der Waals surface area contributed by atoms with E-state index < -0.39 is 10.2 Å². The van der Waals surface area contributed by atoms with Gasteiger partial charge in [0.2, 0.25) is 0 Å². The van der Waals surface area contributed by atoms with Crippen molar-refractivity contribution in [2.24, 2.45) is 5.92 Å². The molecule has 0 aliphatic carbocycles. The third-order valence-corrected chi connectivity index (χ3v) is 5.10. The quantitative estimate of drug-likeness (QED) is 0.600. The summed E-state index contributed by atoms with van der Waals surface area (Å²) in [7, 11) is -3.22. The van der Waals surface area contributed by atoms with Crippen LogP contribution in [0.4, 0.5) is 0 Å². The Hall–Kier alpha value is 0.350. The smallest absolute Gasteiger partial charge is 0.202 e. The monoisotopic (exact) mass is 312 g/mol. The minimum absolute atomic E-state index is 0.542. The van der Waals surface area contributed by atoms with Crippen molar-refractivity contribution in [3.05, 3.63) is 0 Å². The van der Waals surface area contributed by atoms with Crippen LogP contribution < -0.4 is 4.72 Å². The van der Waals surface area contributed by atoms with E-state index in [0.717, 1.165) is 31.0 Å². The van der Waals surface area contributed by atoms with Gasteiger partial charge in [0.1, 0.15) is 0 Å². The third-order valence-electron chi connectivity index (χ3n) is 2.93. The van der Waals surface area contributed by atoms with Crippen LogP contribution in [0.5, 0.6) is 0 Å². The van der Waals surface area contributed by atoms with Crippen molar-refractivity contribution in [1.82, 2.24) is 9.03 Å². The van der Waals surface area contributed by atoms with E-state index in [4.69, 9.17) is 0 Å². The molecular weight excluding hydrogens is 292 g/mol. The first kappa shape index (κ1) is 14.4. The summed E-state index contributed by atoms with van der Waals surface area (Å²) in [5, 5.41) is 0.927. The first-order chi connectivity index (χ1) is 7.56. The van der Waals surface area contributed by atoms with Gasteiger partial charge in [-0.05, 0) is 31.6 Å². The summed E-state index contributed by atoms with van der Waals surface area (Å²) in [6.45, 7) is 4.04. The minimum atomic E-state index is -3.22. The molecule has 1 saturated heterocycles. The van der Waals surface area contributed by atoms with Gasteiger partial charge in [-0.25, -0.2) is 4.72 Å². The fourth-order valence-corrected chi connectivity index (χ4v) is 3.41. The van der Waals surface area contributed by atoms with E-state index in [1.165, 1.54) is 0 Å². The summed E-state index contributed by atoms with van der Waals surface area (Å²) in [6.07, 6.45) is 3.83. The first-order valence-electron chi connectivity index (χ1n) is 5.87. The maximum atomic E-state index is 11.9. The van der Waals surface area contributed by atoms with Gasteiger partial charge in [0.05, 0.1) is 0 Å². The Morgan fingerprint density at radius 1 is 1.31 bits per heavy atom. The Labute approximate surface area is 107 Å². The summed E-state index contributed by atoms with van der Waals surface area (Å²) >= 11 is 3.33. The highest BCUT2D eigenvalue weighted by Gasteiger charge is 2.25. The van der Waals surface area contributed by atoms with E-state index in [0.29, 0.717) is 25.6 Å². The maximum Gasteiger partial charge on any atom is 0.279 e. The van der Waals surface area contributed by atoms with Crippen molar-refractivity contribution >= 4 is 26.1 Å². The molecule has 0 spiro atoms. The number of hydrogen-bond acceptors (Lipinski definition) is 2. The molecule has 6 heteroatoms. The molecule has 16 heavy (non-hydrogen) atoms. The average Bonchev–Trinajstić information content (AvgIpc) is 2.25. The lowest BCUT2D eigenvalue weighted by Crippen LogP contribution is -2.44. The molecule has 0 aromatic heterocycles. The highest BCUT2D eigenvalue weighted by Crippen LogP contribution is 2.17. The SMILES string of the molecule is CC1CCN(S(=O)(=O)NCCCCBr)CC1. The number of unbranched alkanes of at least 4 members (excludes halogenated alkanes) is 1. The molecular formula is C10H21BrN2O2S. The van der Waals surface area contributed by atoms with E-state index in [9.17, 15) is 8.42 Å². The van der Waals surface area contributed by atoms with Gasteiger partial charge >= 0.3 is 0 Å². The normalized spacial score (nSPS) is 20.1. The van der Waals surface area contributed by atoms with E-state index in [1.54, 1.807) is 4.31 Å². The fraction of sp³-hybridized carbons (Fsp3) is 1.00. The van der Waals surface area contributed by atoms with Crippen LogP contribution in [0.1, 0.15) is 32.6 Å². The van der Waals surface area contributed by atoms with Crippen molar-refractivity contribution in [3.8, 4) is 0 Å². The number of nitrogens with one attached hydrogen (secondary N) is 1. The molecule has 0 atom stereocenters. The van der Waals surface area contributed by atoms with Gasteiger partial charge in [-0.3, -0.25) is 0 Å². The van der Waals surface area contributed by atoms with Crippen LogP contribution in [-0.4, -0.2) is 37.7 Å². The van der Waals surface area contributed by atoms with Crippen molar-refractivity contribution in [1.29, 1.82) is 0 Å². The molecule has 0 unspecified atom stereocenters. The zero-order valence-electron chi connectivity index (χ0n) is 9.78. The molecule has 0 amide bonds. The third kappa shape index (κ3) is 4.69. The Balaban J connectivity index is 2.33. The summed E-state index contributed by atoms with van der Waals surface area (Å²) in [5.74, 6) is 0.653. The second-order valence-corrected chi connectivity index (χ2v) is 6.93. The van der Waals surface area contributed by atoms with Gasteiger partial charge in [-0.2, -0.15) is 12.7 Å². The number of hydrogen-bond donors (Lipinski definition) is 1. The van der Waals surface area contributed by atoms with Crippen LogP contribution in [0.2, 0.25) is 0 Å². The van der Waals surface area contributed by atoms with Crippen molar-refractivity contribution in [3.63, 3.8) is 0 Å². The number of nitrogens with zero attached hydrogens (tertiary/aromatic N) is 1. The highest BCUT2D eigenvalue weighted by atomic mass is 79.9. The van der Waals surface area contributed by atoms with Gasteiger partial charge in [-0.15, -0.1) is 0 Å². The number of rotatable bonds is 6. The molecule has 1 aliphatic rings. The van der Waals surface area contributed by atoms with Crippen LogP contribution in [0.15, 0.2) is 0 Å². The molecule has 0 aromatic carbocycles. The molecule has 1 N–H and O–H groups in total. The van der Waals surface area contributed by atoms with Gasteiger partial charge in [0.15, 0.2) is 0 Å². The van der Waals surface area contributed by atoms with E-state index in [-0.39, 0.29) is 0 Å². The largest absolute Gasteiger partial charge is 0.279 e. The molecule has 0 aromatic rings. The number of halogens is 1. The summed E-state index contributed by atoms with van der Waals surface area (Å²) < 4.78 is 27.9. The standard InChI is InChI=1S/C10H21BrN2O2S/c1-10-4-8-13(9-5-10)16(14,15)12-7-3-2-6-11/h10,12H,2-9H2,1H3. The summed E-state index contributed by atoms with van der Waals surface area (Å²) in [4.78, 5) is 0. The molecule has 96 valence electrons. The number of alkyl halides is 1. The lowest BCUT2D eigenvalue weighted by atomic mass is 10.0. The molecule has 1 rings (SSSR count). The number of piperidine rings is 1. The maximum absolute atomic E-state index is 11.9. The topological polar surface area (TPSA) is 49.4 Å². The predicted octanol–water partition coefficient (Wildman–Crippen LogP) is 1.73. The highest BCUT2D eigenvalue weighted by molar-refractivity contribution is 9.09. The molecule has 0 saturated carbocycles. The predicted molar refractivity (Wildman–Crippen MR) is 69.9 cm³/mol. The minimum Gasteiger partial charge on any atom is -0.202 e. The van der Waals surface area contributed by atoms with E-state index in [1.807, 2.05) is 0 Å². The van der Waals surface area contributed by atoms with Gasteiger partial charge < -0.3 is 0 Å².